The smallest absolute Gasteiger partial charge is 0.267 e. The minimum Gasteiger partial charge on any atom is -0.392 e. The molecule has 20 heavy (non-hydrogen) atoms. The molecule has 0 aliphatic carbocycles. The van der Waals surface area contributed by atoms with Crippen molar-refractivity contribution in [2.45, 2.75) is 12.5 Å². The lowest BCUT2D eigenvalue weighted by atomic mass is 9.95. The normalized spacial score (nSPS) is 22.1. The van der Waals surface area contributed by atoms with Crippen LogP contribution in [0.1, 0.15) is 6.42 Å². The van der Waals surface area contributed by atoms with Gasteiger partial charge in [0, 0.05) is 28.7 Å². The summed E-state index contributed by atoms with van der Waals surface area (Å²) >= 11 is 11.6. The maximum absolute atomic E-state index is 11.8. The Morgan fingerprint density at radius 2 is 2.00 bits per heavy atom. The van der Waals surface area contributed by atoms with E-state index in [4.69, 9.17) is 28.0 Å². The molecule has 8 heteroatoms. The molecule has 2 unspecified atom stereocenters. The fraction of sp³-hybridized carbons (Fsp3) is 0.333. The summed E-state index contributed by atoms with van der Waals surface area (Å²) in [7, 11) is 0. The number of nitrogens with one attached hydrogen (secondary N) is 2. The zero-order valence-corrected chi connectivity index (χ0v) is 11.7. The Labute approximate surface area is 125 Å². The van der Waals surface area contributed by atoms with Gasteiger partial charge < -0.3 is 15.3 Å². The molecule has 1 saturated heterocycles. The van der Waals surface area contributed by atoms with Crippen molar-refractivity contribution < 1.29 is 19.5 Å². The maximum atomic E-state index is 11.8. The van der Waals surface area contributed by atoms with Crippen LogP contribution in [0.4, 0.5) is 0 Å². The van der Waals surface area contributed by atoms with Gasteiger partial charge in [0.25, 0.3) is 5.91 Å². The molecule has 1 aromatic carbocycles. The SMILES string of the molecule is O=C1NCCC(O)C1C(=O)NOc1cc(Cl)cc(Cl)c1. The van der Waals surface area contributed by atoms with E-state index in [0.717, 1.165) is 0 Å². The molecule has 0 radical (unpaired) electrons. The molecule has 0 aromatic heterocycles. The van der Waals surface area contributed by atoms with E-state index in [9.17, 15) is 14.7 Å². The summed E-state index contributed by atoms with van der Waals surface area (Å²) in [6.45, 7) is 0.342. The van der Waals surface area contributed by atoms with Crippen LogP contribution in [-0.2, 0) is 9.59 Å². The Morgan fingerprint density at radius 1 is 1.35 bits per heavy atom. The van der Waals surface area contributed by atoms with Crippen molar-refractivity contribution in [1.82, 2.24) is 10.8 Å². The summed E-state index contributed by atoms with van der Waals surface area (Å²) < 4.78 is 0. The van der Waals surface area contributed by atoms with Crippen LogP contribution >= 0.6 is 23.2 Å². The highest BCUT2D eigenvalue weighted by Gasteiger charge is 2.37. The van der Waals surface area contributed by atoms with Gasteiger partial charge in [-0.2, -0.15) is 5.48 Å². The van der Waals surface area contributed by atoms with Crippen LogP contribution in [0.5, 0.6) is 5.75 Å². The highest BCUT2D eigenvalue weighted by molar-refractivity contribution is 6.34. The number of piperidine rings is 1. The fourth-order valence-corrected chi connectivity index (χ4v) is 2.35. The number of amides is 2. The van der Waals surface area contributed by atoms with Gasteiger partial charge in [0.05, 0.1) is 6.10 Å². The third-order valence-electron chi connectivity index (χ3n) is 2.79. The maximum Gasteiger partial charge on any atom is 0.267 e. The first-order chi connectivity index (χ1) is 9.47. The molecule has 0 saturated carbocycles. The van der Waals surface area contributed by atoms with Crippen molar-refractivity contribution >= 4 is 35.0 Å². The number of benzene rings is 1. The van der Waals surface area contributed by atoms with E-state index in [1.807, 2.05) is 0 Å². The van der Waals surface area contributed by atoms with Crippen molar-refractivity contribution in [2.24, 2.45) is 5.92 Å². The second-order valence-corrected chi connectivity index (χ2v) is 5.17. The Hall–Kier alpha value is -1.50. The summed E-state index contributed by atoms with van der Waals surface area (Å²) in [5.74, 6) is -2.24. The zero-order chi connectivity index (χ0) is 14.7. The molecule has 1 heterocycles. The highest BCUT2D eigenvalue weighted by Crippen LogP contribution is 2.23. The van der Waals surface area contributed by atoms with Crippen LogP contribution in [-0.4, -0.2) is 29.6 Å². The summed E-state index contributed by atoms with van der Waals surface area (Å²) in [6, 6.07) is 4.41. The van der Waals surface area contributed by atoms with E-state index in [1.165, 1.54) is 18.2 Å². The molecule has 1 aliphatic heterocycles. The average Bonchev–Trinajstić information content (AvgIpc) is 2.35. The van der Waals surface area contributed by atoms with Crippen molar-refractivity contribution in [3.63, 3.8) is 0 Å². The summed E-state index contributed by atoms with van der Waals surface area (Å²) in [5, 5.41) is 12.9. The molecule has 1 aromatic rings. The Morgan fingerprint density at radius 3 is 2.60 bits per heavy atom. The Balaban J connectivity index is 1.99. The van der Waals surface area contributed by atoms with E-state index < -0.39 is 23.8 Å². The highest BCUT2D eigenvalue weighted by atomic mass is 35.5. The lowest BCUT2D eigenvalue weighted by molar-refractivity contribution is -0.146. The predicted octanol–water partition coefficient (Wildman–Crippen LogP) is 0.900. The number of carbonyl (C=O) groups excluding carboxylic acids is 2. The van der Waals surface area contributed by atoms with Crippen LogP contribution in [0.2, 0.25) is 10.0 Å². The lowest BCUT2D eigenvalue weighted by Gasteiger charge is -2.25. The molecular formula is C12H12Cl2N2O4. The van der Waals surface area contributed by atoms with E-state index in [1.54, 1.807) is 0 Å². The van der Waals surface area contributed by atoms with Crippen LogP contribution in [0, 0.1) is 5.92 Å². The van der Waals surface area contributed by atoms with Crippen molar-refractivity contribution in [3.05, 3.63) is 28.2 Å². The van der Waals surface area contributed by atoms with Gasteiger partial charge in [0.1, 0.15) is 5.92 Å². The standard InChI is InChI=1S/C12H12Cl2N2O4/c13-6-3-7(14)5-8(4-6)20-16-12(19)10-9(17)1-2-15-11(10)18/h3-5,9-10,17H,1-2H2,(H,15,18)(H,16,19). The number of hydroxylamine groups is 1. The number of hydrogen-bond acceptors (Lipinski definition) is 4. The first kappa shape index (κ1) is 14.9. The van der Waals surface area contributed by atoms with E-state index >= 15 is 0 Å². The average molecular weight is 319 g/mol. The topological polar surface area (TPSA) is 87.7 Å². The minimum atomic E-state index is -1.20. The number of carbonyl (C=O) groups is 2. The number of aliphatic hydroxyl groups excluding tert-OH is 1. The molecule has 0 spiro atoms. The van der Waals surface area contributed by atoms with Crippen LogP contribution in [0.3, 0.4) is 0 Å². The fourth-order valence-electron chi connectivity index (χ4n) is 1.85. The van der Waals surface area contributed by atoms with E-state index in [0.29, 0.717) is 23.0 Å². The molecular weight excluding hydrogens is 307 g/mol. The summed E-state index contributed by atoms with van der Waals surface area (Å²) in [4.78, 5) is 28.4. The van der Waals surface area contributed by atoms with Crippen molar-refractivity contribution in [1.29, 1.82) is 0 Å². The first-order valence-corrected chi connectivity index (χ1v) is 6.61. The number of hydrogen-bond donors (Lipinski definition) is 3. The lowest BCUT2D eigenvalue weighted by Crippen LogP contribution is -2.52. The minimum absolute atomic E-state index is 0.224. The van der Waals surface area contributed by atoms with Crippen molar-refractivity contribution in [2.75, 3.05) is 6.54 Å². The molecule has 2 rings (SSSR count). The van der Waals surface area contributed by atoms with E-state index in [2.05, 4.69) is 10.8 Å². The monoisotopic (exact) mass is 318 g/mol. The Kier molecular flexibility index (Phi) is 4.69. The summed E-state index contributed by atoms with van der Waals surface area (Å²) in [5.41, 5.74) is 2.11. The molecule has 1 aliphatic rings. The van der Waals surface area contributed by atoms with Gasteiger partial charge in [-0.15, -0.1) is 0 Å². The number of rotatable bonds is 3. The summed E-state index contributed by atoms with van der Waals surface area (Å²) in [6.07, 6.45) is -0.720. The van der Waals surface area contributed by atoms with Gasteiger partial charge in [-0.05, 0) is 12.5 Å². The molecule has 108 valence electrons. The predicted molar refractivity (Wildman–Crippen MR) is 72.4 cm³/mol. The van der Waals surface area contributed by atoms with Crippen LogP contribution in [0.15, 0.2) is 18.2 Å². The van der Waals surface area contributed by atoms with Crippen LogP contribution in [0.25, 0.3) is 0 Å². The van der Waals surface area contributed by atoms with Crippen LogP contribution < -0.4 is 15.6 Å². The largest absolute Gasteiger partial charge is 0.392 e. The zero-order valence-electron chi connectivity index (χ0n) is 10.2. The first-order valence-electron chi connectivity index (χ1n) is 5.86. The van der Waals surface area contributed by atoms with Gasteiger partial charge >= 0.3 is 0 Å². The molecule has 2 atom stereocenters. The molecule has 1 fully saturated rings. The second kappa shape index (κ2) is 6.30. The van der Waals surface area contributed by atoms with E-state index in [-0.39, 0.29) is 5.75 Å². The quantitative estimate of drug-likeness (QED) is 0.571. The van der Waals surface area contributed by atoms with Gasteiger partial charge in [0.15, 0.2) is 5.75 Å². The molecule has 2 amide bonds. The van der Waals surface area contributed by atoms with Gasteiger partial charge in [-0.3, -0.25) is 9.59 Å². The number of aliphatic hydroxyl groups is 1. The number of halogens is 2. The van der Waals surface area contributed by atoms with Gasteiger partial charge in [-0.1, -0.05) is 23.2 Å². The molecule has 6 nitrogen and oxygen atoms in total. The third-order valence-corrected chi connectivity index (χ3v) is 3.23. The second-order valence-electron chi connectivity index (χ2n) is 4.30. The Bertz CT molecular complexity index is 518. The third kappa shape index (κ3) is 3.53. The molecule has 3 N–H and O–H groups in total. The van der Waals surface area contributed by atoms with Crippen molar-refractivity contribution in [3.8, 4) is 5.75 Å². The molecule has 0 bridgehead atoms. The van der Waals surface area contributed by atoms with Gasteiger partial charge in [-0.25, -0.2) is 0 Å². The van der Waals surface area contributed by atoms with Gasteiger partial charge in [0.2, 0.25) is 5.91 Å².